The van der Waals surface area contributed by atoms with Crippen LogP contribution in [-0.2, 0) is 11.3 Å². The molecule has 0 aliphatic carbocycles. The Morgan fingerprint density at radius 2 is 2.04 bits per heavy atom. The second-order valence-corrected chi connectivity index (χ2v) is 6.42. The number of rotatable bonds is 5. The quantitative estimate of drug-likeness (QED) is 0.889. The number of carbonyl (C=O) groups excluding carboxylic acids is 1. The molecule has 0 unspecified atom stereocenters. The molecule has 0 spiro atoms. The second-order valence-electron chi connectivity index (χ2n) is 6.42. The summed E-state index contributed by atoms with van der Waals surface area (Å²) in [6.07, 6.45) is 1.42. The highest BCUT2D eigenvalue weighted by atomic mass is 19.1. The average Bonchev–Trinajstić information content (AvgIpc) is 2.66. The van der Waals surface area contributed by atoms with Gasteiger partial charge in [-0.15, -0.1) is 0 Å². The molecular formula is C19H23FN4O2. The number of benzene rings is 1. The first-order valence-electron chi connectivity index (χ1n) is 8.72. The lowest BCUT2D eigenvalue weighted by molar-refractivity contribution is -0.125. The predicted octanol–water partition coefficient (Wildman–Crippen LogP) is 2.47. The first-order valence-corrected chi connectivity index (χ1v) is 8.72. The summed E-state index contributed by atoms with van der Waals surface area (Å²) in [5, 5.41) is 2.84. The Bertz CT molecular complexity index is 776. The minimum absolute atomic E-state index is 0.0318. The van der Waals surface area contributed by atoms with Crippen LogP contribution in [0.3, 0.4) is 0 Å². The van der Waals surface area contributed by atoms with Gasteiger partial charge in [0.25, 0.3) is 0 Å². The standard InChI is InChI=1S/C19H23FN4O2/c1-13-11-17(26-2)23-19(22-13)24-9-7-14(8-10-24)18(25)21-12-15-5-3-4-6-16(15)20/h3-6,11,14H,7-10,12H2,1-2H3,(H,21,25). The van der Waals surface area contributed by atoms with Crippen molar-refractivity contribution in [2.45, 2.75) is 26.3 Å². The van der Waals surface area contributed by atoms with Gasteiger partial charge < -0.3 is 15.0 Å². The maximum Gasteiger partial charge on any atom is 0.228 e. The van der Waals surface area contributed by atoms with Crippen LogP contribution in [0.1, 0.15) is 24.1 Å². The van der Waals surface area contributed by atoms with E-state index < -0.39 is 0 Å². The first-order chi connectivity index (χ1) is 12.6. The van der Waals surface area contributed by atoms with Gasteiger partial charge in [-0.05, 0) is 25.8 Å². The van der Waals surface area contributed by atoms with Crippen molar-refractivity contribution in [1.82, 2.24) is 15.3 Å². The van der Waals surface area contributed by atoms with Crippen LogP contribution in [0.5, 0.6) is 5.88 Å². The van der Waals surface area contributed by atoms with E-state index in [4.69, 9.17) is 4.74 Å². The number of carbonyl (C=O) groups is 1. The summed E-state index contributed by atoms with van der Waals surface area (Å²) in [6, 6.07) is 8.26. The van der Waals surface area contributed by atoms with Gasteiger partial charge in [0, 0.05) is 42.9 Å². The number of nitrogens with zero attached hydrogens (tertiary/aromatic N) is 3. The normalized spacial score (nSPS) is 15.0. The van der Waals surface area contributed by atoms with Gasteiger partial charge in [-0.1, -0.05) is 18.2 Å². The number of amides is 1. The third-order valence-electron chi connectivity index (χ3n) is 4.59. The molecule has 2 aromatic rings. The first kappa shape index (κ1) is 18.1. The van der Waals surface area contributed by atoms with Crippen LogP contribution in [-0.4, -0.2) is 36.1 Å². The molecule has 6 nitrogen and oxygen atoms in total. The fourth-order valence-electron chi connectivity index (χ4n) is 3.08. The summed E-state index contributed by atoms with van der Waals surface area (Å²) in [4.78, 5) is 23.3. The molecule has 2 heterocycles. The Labute approximate surface area is 152 Å². The average molecular weight is 358 g/mol. The van der Waals surface area contributed by atoms with E-state index in [1.165, 1.54) is 6.07 Å². The molecule has 1 aromatic heterocycles. The van der Waals surface area contributed by atoms with Crippen molar-refractivity contribution in [1.29, 1.82) is 0 Å². The minimum Gasteiger partial charge on any atom is -0.481 e. The summed E-state index contributed by atoms with van der Waals surface area (Å²) in [5.74, 6) is 0.762. The van der Waals surface area contributed by atoms with Crippen LogP contribution < -0.4 is 15.0 Å². The Kier molecular flexibility index (Phi) is 5.65. The Morgan fingerprint density at radius 3 is 2.73 bits per heavy atom. The molecule has 0 saturated carbocycles. The maximum atomic E-state index is 13.6. The Hall–Kier alpha value is -2.70. The van der Waals surface area contributed by atoms with Gasteiger partial charge in [0.05, 0.1) is 7.11 Å². The van der Waals surface area contributed by atoms with Crippen LogP contribution >= 0.6 is 0 Å². The molecule has 0 atom stereocenters. The summed E-state index contributed by atoms with van der Waals surface area (Å²) in [7, 11) is 1.58. The van der Waals surface area contributed by atoms with Crippen LogP contribution in [0, 0.1) is 18.7 Å². The molecular weight excluding hydrogens is 335 g/mol. The van der Waals surface area contributed by atoms with Gasteiger partial charge >= 0.3 is 0 Å². The number of halogens is 1. The van der Waals surface area contributed by atoms with Crippen LogP contribution in [0.2, 0.25) is 0 Å². The summed E-state index contributed by atoms with van der Waals surface area (Å²) in [6.45, 7) is 3.51. The Morgan fingerprint density at radius 1 is 1.31 bits per heavy atom. The lowest BCUT2D eigenvalue weighted by Crippen LogP contribution is -2.41. The third kappa shape index (κ3) is 4.28. The fraction of sp³-hybridized carbons (Fsp3) is 0.421. The SMILES string of the molecule is COc1cc(C)nc(N2CCC(C(=O)NCc3ccccc3F)CC2)n1. The van der Waals surface area contributed by atoms with Crippen molar-refractivity contribution >= 4 is 11.9 Å². The molecule has 1 aliphatic heterocycles. The van der Waals surface area contributed by atoms with Gasteiger partial charge in [0.1, 0.15) is 5.82 Å². The van der Waals surface area contributed by atoms with E-state index in [9.17, 15) is 9.18 Å². The molecule has 1 aromatic carbocycles. The van der Waals surface area contributed by atoms with Crippen molar-refractivity contribution in [3.63, 3.8) is 0 Å². The fourth-order valence-corrected chi connectivity index (χ4v) is 3.08. The van der Waals surface area contributed by atoms with Gasteiger partial charge in [-0.25, -0.2) is 9.37 Å². The van der Waals surface area contributed by atoms with Gasteiger partial charge in [0.2, 0.25) is 17.7 Å². The van der Waals surface area contributed by atoms with Crippen molar-refractivity contribution in [2.24, 2.45) is 5.92 Å². The van der Waals surface area contributed by atoms with Crippen molar-refractivity contribution in [3.05, 3.63) is 47.4 Å². The molecule has 1 N–H and O–H groups in total. The lowest BCUT2D eigenvalue weighted by atomic mass is 9.96. The van der Waals surface area contributed by atoms with Crippen molar-refractivity contribution in [2.75, 3.05) is 25.1 Å². The highest BCUT2D eigenvalue weighted by Gasteiger charge is 2.26. The van der Waals surface area contributed by atoms with Crippen LogP contribution in [0.15, 0.2) is 30.3 Å². The van der Waals surface area contributed by atoms with E-state index in [2.05, 4.69) is 20.2 Å². The second kappa shape index (κ2) is 8.12. The highest BCUT2D eigenvalue weighted by Crippen LogP contribution is 2.23. The summed E-state index contributed by atoms with van der Waals surface area (Å²) in [5.41, 5.74) is 1.34. The number of nitrogens with one attached hydrogen (secondary N) is 1. The van der Waals surface area contributed by atoms with Crippen LogP contribution in [0.4, 0.5) is 10.3 Å². The minimum atomic E-state index is -0.298. The molecule has 1 saturated heterocycles. The molecule has 0 radical (unpaired) electrons. The molecule has 7 heteroatoms. The molecule has 1 aliphatic rings. The number of hydrogen-bond donors (Lipinski definition) is 1. The lowest BCUT2D eigenvalue weighted by Gasteiger charge is -2.31. The van der Waals surface area contributed by atoms with E-state index in [1.807, 2.05) is 6.92 Å². The van der Waals surface area contributed by atoms with E-state index in [0.29, 0.717) is 43.3 Å². The van der Waals surface area contributed by atoms with Gasteiger partial charge in [-0.2, -0.15) is 4.98 Å². The number of hydrogen-bond acceptors (Lipinski definition) is 5. The van der Waals surface area contributed by atoms with Gasteiger partial charge in [0.15, 0.2) is 0 Å². The van der Waals surface area contributed by atoms with E-state index in [0.717, 1.165) is 5.69 Å². The number of piperidine rings is 1. The van der Waals surface area contributed by atoms with Crippen molar-refractivity contribution < 1.29 is 13.9 Å². The molecule has 0 bridgehead atoms. The number of aryl methyl sites for hydroxylation is 1. The molecule has 1 amide bonds. The van der Waals surface area contributed by atoms with Gasteiger partial charge in [-0.3, -0.25) is 4.79 Å². The zero-order valence-electron chi connectivity index (χ0n) is 15.0. The zero-order valence-corrected chi connectivity index (χ0v) is 15.0. The monoisotopic (exact) mass is 358 g/mol. The van der Waals surface area contributed by atoms with Crippen molar-refractivity contribution in [3.8, 4) is 5.88 Å². The molecule has 26 heavy (non-hydrogen) atoms. The summed E-state index contributed by atoms with van der Waals surface area (Å²) < 4.78 is 18.8. The maximum absolute atomic E-state index is 13.6. The van der Waals surface area contributed by atoms with E-state index in [-0.39, 0.29) is 24.2 Å². The zero-order chi connectivity index (χ0) is 18.5. The topological polar surface area (TPSA) is 67.3 Å². The number of methoxy groups -OCH3 is 1. The number of anilines is 1. The molecule has 138 valence electrons. The largest absolute Gasteiger partial charge is 0.481 e. The molecule has 3 rings (SSSR count). The third-order valence-corrected chi connectivity index (χ3v) is 4.59. The summed E-state index contributed by atoms with van der Waals surface area (Å²) >= 11 is 0. The van der Waals surface area contributed by atoms with E-state index in [1.54, 1.807) is 31.4 Å². The Balaban J connectivity index is 1.54. The smallest absolute Gasteiger partial charge is 0.228 e. The molecule has 1 fully saturated rings. The van der Waals surface area contributed by atoms with Crippen LogP contribution in [0.25, 0.3) is 0 Å². The van der Waals surface area contributed by atoms with E-state index >= 15 is 0 Å². The predicted molar refractivity (Wildman–Crippen MR) is 96.5 cm³/mol. The highest BCUT2D eigenvalue weighted by molar-refractivity contribution is 5.78. The number of ether oxygens (including phenoxy) is 1. The number of aromatic nitrogens is 2.